The first kappa shape index (κ1) is 12.8. The molecule has 0 spiro atoms. The van der Waals surface area contributed by atoms with Gasteiger partial charge in [-0.2, -0.15) is 0 Å². The molecule has 4 heteroatoms. The van der Waals surface area contributed by atoms with Gasteiger partial charge in [0.15, 0.2) is 0 Å². The average molecular weight is 256 g/mol. The number of halogens is 1. The number of likely N-dealkylation sites (N-methyl/N-ethyl adjacent to an activating group) is 1. The third kappa shape index (κ3) is 3.68. The molecule has 0 aromatic heterocycles. The lowest BCUT2D eigenvalue weighted by molar-refractivity contribution is -0.0823. The molecular weight excluding hydrogens is 238 g/mol. The molecule has 0 aliphatic carbocycles. The van der Waals surface area contributed by atoms with Crippen LogP contribution in [-0.2, 0) is 11.2 Å². The molecule has 2 rings (SSSR count). The Morgan fingerprint density at radius 2 is 2.41 bits per heavy atom. The Kier molecular flexibility index (Phi) is 4.40. The van der Waals surface area contributed by atoms with Gasteiger partial charge in [-0.3, -0.25) is 0 Å². The summed E-state index contributed by atoms with van der Waals surface area (Å²) >= 11 is 5.92. The minimum atomic E-state index is -0.476. The molecule has 17 heavy (non-hydrogen) atoms. The summed E-state index contributed by atoms with van der Waals surface area (Å²) in [5, 5.41) is 10.8. The van der Waals surface area contributed by atoms with Crippen molar-refractivity contribution in [3.05, 3.63) is 34.9 Å². The van der Waals surface area contributed by atoms with Crippen LogP contribution in [-0.4, -0.2) is 49.0 Å². The average Bonchev–Trinajstić information content (AvgIpc) is 2.29. The Labute approximate surface area is 107 Å². The van der Waals surface area contributed by atoms with Crippen LogP contribution in [0.2, 0.25) is 5.02 Å². The standard InChI is InChI=1S/C13H18ClNO2/c1-15-5-6-17-13(9-15)12(16)8-10-3-2-4-11(14)7-10/h2-4,7,12-13,16H,5-6,8-9H2,1H3. The van der Waals surface area contributed by atoms with Crippen LogP contribution in [0.3, 0.4) is 0 Å². The highest BCUT2D eigenvalue weighted by Gasteiger charge is 2.25. The van der Waals surface area contributed by atoms with Gasteiger partial charge in [0.25, 0.3) is 0 Å². The molecule has 2 unspecified atom stereocenters. The van der Waals surface area contributed by atoms with Crippen LogP contribution in [0.4, 0.5) is 0 Å². The largest absolute Gasteiger partial charge is 0.390 e. The zero-order chi connectivity index (χ0) is 12.3. The molecule has 1 aromatic rings. The SMILES string of the molecule is CN1CCOC(C(O)Cc2cccc(Cl)c2)C1. The Hall–Kier alpha value is -0.610. The second-order valence-corrected chi connectivity index (χ2v) is 5.01. The van der Waals surface area contributed by atoms with Gasteiger partial charge in [-0.15, -0.1) is 0 Å². The fourth-order valence-corrected chi connectivity index (χ4v) is 2.29. The summed E-state index contributed by atoms with van der Waals surface area (Å²) in [5.74, 6) is 0. The van der Waals surface area contributed by atoms with Gasteiger partial charge in [-0.25, -0.2) is 0 Å². The molecule has 1 aliphatic rings. The van der Waals surface area contributed by atoms with Crippen LogP contribution < -0.4 is 0 Å². The van der Waals surface area contributed by atoms with Crippen LogP contribution in [0.25, 0.3) is 0 Å². The normalized spacial score (nSPS) is 23.6. The van der Waals surface area contributed by atoms with Crippen molar-refractivity contribution in [3.63, 3.8) is 0 Å². The van der Waals surface area contributed by atoms with Crippen LogP contribution in [0, 0.1) is 0 Å². The highest BCUT2D eigenvalue weighted by Crippen LogP contribution is 2.15. The molecule has 3 nitrogen and oxygen atoms in total. The summed E-state index contributed by atoms with van der Waals surface area (Å²) < 4.78 is 5.59. The van der Waals surface area contributed by atoms with Gasteiger partial charge in [0, 0.05) is 24.5 Å². The minimum absolute atomic E-state index is 0.104. The lowest BCUT2D eigenvalue weighted by Crippen LogP contribution is -2.46. The second-order valence-electron chi connectivity index (χ2n) is 4.57. The summed E-state index contributed by atoms with van der Waals surface area (Å²) in [7, 11) is 2.04. The quantitative estimate of drug-likeness (QED) is 0.890. The van der Waals surface area contributed by atoms with Crippen molar-refractivity contribution < 1.29 is 9.84 Å². The number of benzene rings is 1. The van der Waals surface area contributed by atoms with Gasteiger partial charge in [0.2, 0.25) is 0 Å². The van der Waals surface area contributed by atoms with Crippen molar-refractivity contribution in [2.75, 3.05) is 26.7 Å². The van der Waals surface area contributed by atoms with Gasteiger partial charge < -0.3 is 14.7 Å². The van der Waals surface area contributed by atoms with Crippen molar-refractivity contribution in [3.8, 4) is 0 Å². The minimum Gasteiger partial charge on any atom is -0.390 e. The van der Waals surface area contributed by atoms with E-state index in [0.29, 0.717) is 18.1 Å². The second kappa shape index (κ2) is 5.83. The molecule has 1 aliphatic heterocycles. The Morgan fingerprint density at radius 1 is 1.59 bits per heavy atom. The maximum absolute atomic E-state index is 10.1. The number of rotatable bonds is 3. The van der Waals surface area contributed by atoms with Gasteiger partial charge >= 0.3 is 0 Å². The van der Waals surface area contributed by atoms with Gasteiger partial charge in [-0.1, -0.05) is 23.7 Å². The van der Waals surface area contributed by atoms with Crippen molar-refractivity contribution in [2.24, 2.45) is 0 Å². The monoisotopic (exact) mass is 255 g/mol. The smallest absolute Gasteiger partial charge is 0.0964 e. The van der Waals surface area contributed by atoms with Crippen molar-refractivity contribution in [1.82, 2.24) is 4.90 Å². The molecule has 2 atom stereocenters. The summed E-state index contributed by atoms with van der Waals surface area (Å²) in [4.78, 5) is 2.18. The Morgan fingerprint density at radius 3 is 3.12 bits per heavy atom. The lowest BCUT2D eigenvalue weighted by atomic mass is 10.0. The van der Waals surface area contributed by atoms with Gasteiger partial charge in [0.05, 0.1) is 18.8 Å². The predicted molar refractivity (Wildman–Crippen MR) is 68.4 cm³/mol. The topological polar surface area (TPSA) is 32.7 Å². The molecule has 0 amide bonds. The molecule has 1 aromatic carbocycles. The maximum atomic E-state index is 10.1. The Balaban J connectivity index is 1.94. The van der Waals surface area contributed by atoms with E-state index in [1.165, 1.54) is 0 Å². The van der Waals surface area contributed by atoms with Crippen molar-refractivity contribution in [1.29, 1.82) is 0 Å². The van der Waals surface area contributed by atoms with E-state index in [4.69, 9.17) is 16.3 Å². The van der Waals surface area contributed by atoms with Crippen molar-refractivity contribution in [2.45, 2.75) is 18.6 Å². The molecule has 1 fully saturated rings. The van der Waals surface area contributed by atoms with Gasteiger partial charge in [0.1, 0.15) is 0 Å². The number of aliphatic hydroxyl groups excluding tert-OH is 1. The van der Waals surface area contributed by atoms with E-state index >= 15 is 0 Å². The van der Waals surface area contributed by atoms with E-state index in [2.05, 4.69) is 4.90 Å². The van der Waals surface area contributed by atoms with Gasteiger partial charge in [-0.05, 0) is 24.7 Å². The molecule has 1 saturated heterocycles. The van der Waals surface area contributed by atoms with E-state index in [-0.39, 0.29) is 6.10 Å². The molecular formula is C13H18ClNO2. The zero-order valence-corrected chi connectivity index (χ0v) is 10.7. The summed E-state index contributed by atoms with van der Waals surface area (Å²) in [5.41, 5.74) is 1.04. The van der Waals surface area contributed by atoms with E-state index in [0.717, 1.165) is 18.7 Å². The molecule has 0 saturated carbocycles. The Bertz CT molecular complexity index is 372. The third-order valence-electron chi connectivity index (χ3n) is 3.06. The van der Waals surface area contributed by atoms with E-state index < -0.39 is 6.10 Å². The number of ether oxygens (including phenoxy) is 1. The molecule has 0 bridgehead atoms. The van der Waals surface area contributed by atoms with Crippen LogP contribution in [0.1, 0.15) is 5.56 Å². The molecule has 1 heterocycles. The molecule has 94 valence electrons. The summed E-state index contributed by atoms with van der Waals surface area (Å²) in [6.45, 7) is 2.40. The van der Waals surface area contributed by atoms with Crippen molar-refractivity contribution >= 4 is 11.6 Å². The first-order valence-electron chi connectivity index (χ1n) is 5.88. The third-order valence-corrected chi connectivity index (χ3v) is 3.29. The first-order valence-corrected chi connectivity index (χ1v) is 6.25. The number of nitrogens with zero attached hydrogens (tertiary/aromatic N) is 1. The summed E-state index contributed by atoms with van der Waals surface area (Å²) in [6, 6.07) is 7.60. The maximum Gasteiger partial charge on any atom is 0.0964 e. The van der Waals surface area contributed by atoms with E-state index in [9.17, 15) is 5.11 Å². The fourth-order valence-electron chi connectivity index (χ4n) is 2.08. The summed E-state index contributed by atoms with van der Waals surface area (Å²) in [6.07, 6.45) is 0.00273. The fraction of sp³-hybridized carbons (Fsp3) is 0.538. The zero-order valence-electron chi connectivity index (χ0n) is 9.97. The van der Waals surface area contributed by atoms with E-state index in [1.54, 1.807) is 0 Å². The number of morpholine rings is 1. The number of hydrogen-bond donors (Lipinski definition) is 1. The first-order chi connectivity index (χ1) is 8.15. The number of hydrogen-bond acceptors (Lipinski definition) is 3. The van der Waals surface area contributed by atoms with Crippen LogP contribution in [0.5, 0.6) is 0 Å². The van der Waals surface area contributed by atoms with E-state index in [1.807, 2.05) is 31.3 Å². The van der Waals surface area contributed by atoms with Crippen LogP contribution >= 0.6 is 11.6 Å². The van der Waals surface area contributed by atoms with Crippen LogP contribution in [0.15, 0.2) is 24.3 Å². The predicted octanol–water partition coefficient (Wildman–Crippen LogP) is 1.57. The highest BCUT2D eigenvalue weighted by atomic mass is 35.5. The lowest BCUT2D eigenvalue weighted by Gasteiger charge is -2.33. The molecule has 1 N–H and O–H groups in total. The number of aliphatic hydroxyl groups is 1. The highest BCUT2D eigenvalue weighted by molar-refractivity contribution is 6.30. The molecule has 0 radical (unpaired) electrons.